The Bertz CT molecular complexity index is 743. The highest BCUT2D eigenvalue weighted by molar-refractivity contribution is 5.59. The van der Waals surface area contributed by atoms with Crippen LogP contribution in [-0.2, 0) is 4.74 Å². The zero-order valence-corrected chi connectivity index (χ0v) is 15.7. The molecule has 1 aromatic rings. The van der Waals surface area contributed by atoms with Crippen molar-refractivity contribution >= 4 is 6.08 Å². The fourth-order valence-corrected chi connectivity index (χ4v) is 1.99. The topological polar surface area (TPSA) is 27.7 Å². The van der Waals surface area contributed by atoms with Gasteiger partial charge in [0.25, 0.3) is 0 Å². The zero-order chi connectivity index (χ0) is 19.2. The van der Waals surface area contributed by atoms with Crippen molar-refractivity contribution in [3.63, 3.8) is 0 Å². The predicted octanol–water partition coefficient (Wildman–Crippen LogP) is 5.68. The van der Waals surface area contributed by atoms with Crippen LogP contribution >= 0.6 is 0 Å². The van der Waals surface area contributed by atoms with Crippen molar-refractivity contribution in [3.8, 4) is 23.8 Å². The van der Waals surface area contributed by atoms with Crippen LogP contribution in [0.25, 0.3) is 6.08 Å². The molecule has 0 unspecified atom stereocenters. The molecule has 0 aliphatic heterocycles. The van der Waals surface area contributed by atoms with E-state index in [4.69, 9.17) is 20.6 Å². The van der Waals surface area contributed by atoms with Gasteiger partial charge in [-0.05, 0) is 51.1 Å². The van der Waals surface area contributed by atoms with E-state index in [1.165, 1.54) is 0 Å². The number of terminal acetylenes is 1. The second kappa shape index (κ2) is 12.3. The number of hydrogen-bond acceptors (Lipinski definition) is 3. The number of rotatable bonds is 10. The average Bonchev–Trinajstić information content (AvgIpc) is 2.64. The molecule has 0 aromatic heterocycles. The summed E-state index contributed by atoms with van der Waals surface area (Å²) in [5.41, 5.74) is 0.944. The van der Waals surface area contributed by atoms with E-state index < -0.39 is 0 Å². The van der Waals surface area contributed by atoms with Crippen molar-refractivity contribution in [2.24, 2.45) is 0 Å². The van der Waals surface area contributed by atoms with E-state index >= 15 is 0 Å². The maximum absolute atomic E-state index is 6.09. The van der Waals surface area contributed by atoms with Gasteiger partial charge >= 0.3 is 0 Å². The van der Waals surface area contributed by atoms with Gasteiger partial charge in [-0.2, -0.15) is 0 Å². The minimum absolute atomic E-state index is 0.211. The molecule has 0 radical (unpaired) electrons. The van der Waals surface area contributed by atoms with Gasteiger partial charge in [0.05, 0.1) is 5.76 Å². The van der Waals surface area contributed by atoms with E-state index in [0.29, 0.717) is 23.9 Å². The van der Waals surface area contributed by atoms with Crippen molar-refractivity contribution < 1.29 is 14.2 Å². The third kappa shape index (κ3) is 7.63. The van der Waals surface area contributed by atoms with Crippen LogP contribution in [0, 0.1) is 12.3 Å². The molecule has 0 spiro atoms. The molecular formula is C23H26O3. The van der Waals surface area contributed by atoms with Gasteiger partial charge in [0, 0.05) is 11.6 Å². The first kappa shape index (κ1) is 20.9. The molecule has 0 aliphatic carbocycles. The highest BCUT2D eigenvalue weighted by atomic mass is 16.5. The van der Waals surface area contributed by atoms with Crippen LogP contribution in [0.3, 0.4) is 0 Å². The number of hydrogen-bond donors (Lipinski definition) is 0. The van der Waals surface area contributed by atoms with E-state index in [1.807, 2.05) is 75.4 Å². The lowest BCUT2D eigenvalue weighted by Crippen LogP contribution is -1.98. The van der Waals surface area contributed by atoms with E-state index in [2.05, 4.69) is 12.5 Å². The lowest BCUT2D eigenvalue weighted by atomic mass is 10.1. The van der Waals surface area contributed by atoms with Gasteiger partial charge in [-0.1, -0.05) is 36.8 Å². The van der Waals surface area contributed by atoms with Crippen molar-refractivity contribution in [1.29, 1.82) is 0 Å². The van der Waals surface area contributed by atoms with Crippen molar-refractivity contribution in [1.82, 2.24) is 0 Å². The predicted molar refractivity (Wildman–Crippen MR) is 109 cm³/mol. The maximum Gasteiger partial charge on any atom is 0.148 e. The molecule has 3 nitrogen and oxygen atoms in total. The summed E-state index contributed by atoms with van der Waals surface area (Å²) in [6.07, 6.45) is 18.4. The van der Waals surface area contributed by atoms with E-state index in [1.54, 1.807) is 6.08 Å². The largest absolute Gasteiger partial charge is 0.494 e. The minimum Gasteiger partial charge on any atom is -0.494 e. The van der Waals surface area contributed by atoms with E-state index in [0.717, 1.165) is 11.3 Å². The first-order valence-corrected chi connectivity index (χ1v) is 8.40. The van der Waals surface area contributed by atoms with Gasteiger partial charge < -0.3 is 14.2 Å². The number of ether oxygens (including phenoxy) is 3. The van der Waals surface area contributed by atoms with Crippen LogP contribution in [0.2, 0.25) is 0 Å². The second-order valence-electron chi connectivity index (χ2n) is 5.24. The third-order valence-electron chi connectivity index (χ3n) is 3.12. The van der Waals surface area contributed by atoms with Gasteiger partial charge in [-0.3, -0.25) is 0 Å². The summed E-state index contributed by atoms with van der Waals surface area (Å²) in [6.45, 7) is 10.1. The molecule has 0 N–H and O–H groups in total. The SMILES string of the molecule is C#CCOc1ccc(C=CC)c(OC(C=CC)=CC=C(C)OCC=C)c1. The molecule has 0 amide bonds. The van der Waals surface area contributed by atoms with Gasteiger partial charge in [-0.25, -0.2) is 0 Å². The van der Waals surface area contributed by atoms with E-state index in [-0.39, 0.29) is 6.61 Å². The summed E-state index contributed by atoms with van der Waals surface area (Å²) in [7, 11) is 0. The molecule has 0 heterocycles. The van der Waals surface area contributed by atoms with Gasteiger partial charge in [0.15, 0.2) is 0 Å². The summed E-state index contributed by atoms with van der Waals surface area (Å²) in [5, 5.41) is 0. The molecule has 0 aliphatic rings. The van der Waals surface area contributed by atoms with Crippen LogP contribution in [0.15, 0.2) is 72.8 Å². The van der Waals surface area contributed by atoms with Crippen LogP contribution in [-0.4, -0.2) is 13.2 Å². The Hall–Kier alpha value is -3.12. The van der Waals surface area contributed by atoms with Crippen LogP contribution in [0.1, 0.15) is 26.3 Å². The van der Waals surface area contributed by atoms with Crippen molar-refractivity contribution in [2.45, 2.75) is 20.8 Å². The van der Waals surface area contributed by atoms with Crippen LogP contribution in [0.5, 0.6) is 11.5 Å². The molecule has 0 bridgehead atoms. The lowest BCUT2D eigenvalue weighted by molar-refractivity contribution is 0.250. The first-order valence-electron chi connectivity index (χ1n) is 8.40. The normalized spacial score (nSPS) is 12.2. The Labute approximate surface area is 157 Å². The Morgan fingerprint density at radius 2 is 2.04 bits per heavy atom. The van der Waals surface area contributed by atoms with Crippen molar-refractivity contribution in [2.75, 3.05) is 13.2 Å². The Kier molecular flexibility index (Phi) is 9.88. The molecular weight excluding hydrogens is 324 g/mol. The van der Waals surface area contributed by atoms with Gasteiger partial charge in [0.2, 0.25) is 0 Å². The van der Waals surface area contributed by atoms with Gasteiger partial charge in [0.1, 0.15) is 30.5 Å². The number of allylic oxidation sites excluding steroid dienone is 6. The summed E-state index contributed by atoms with van der Waals surface area (Å²) < 4.78 is 17.0. The molecule has 136 valence electrons. The molecule has 26 heavy (non-hydrogen) atoms. The van der Waals surface area contributed by atoms with Crippen LogP contribution < -0.4 is 9.47 Å². The smallest absolute Gasteiger partial charge is 0.148 e. The molecule has 0 saturated heterocycles. The molecule has 1 aromatic carbocycles. The van der Waals surface area contributed by atoms with E-state index in [9.17, 15) is 0 Å². The minimum atomic E-state index is 0.211. The highest BCUT2D eigenvalue weighted by Crippen LogP contribution is 2.28. The first-order chi connectivity index (χ1) is 12.6. The highest BCUT2D eigenvalue weighted by Gasteiger charge is 2.06. The fourth-order valence-electron chi connectivity index (χ4n) is 1.99. The summed E-state index contributed by atoms with van der Waals surface area (Å²) in [5.74, 6) is 5.25. The Balaban J connectivity index is 3.12. The Morgan fingerprint density at radius 3 is 2.69 bits per heavy atom. The standard InChI is InChI=1S/C23H26O3/c1-6-10-20-13-15-22(25-17-9-4)18-23(20)26-21(11-7-2)14-12-19(5)24-16-8-3/h4,6-8,10-15,18H,3,16-17H2,1-2,5H3. The summed E-state index contributed by atoms with van der Waals surface area (Å²) in [4.78, 5) is 0. The molecule has 1 rings (SSSR count). The molecule has 0 fully saturated rings. The monoisotopic (exact) mass is 350 g/mol. The van der Waals surface area contributed by atoms with Crippen LogP contribution in [0.4, 0.5) is 0 Å². The van der Waals surface area contributed by atoms with Crippen molar-refractivity contribution in [3.05, 3.63) is 78.3 Å². The summed E-state index contributed by atoms with van der Waals surface area (Å²) in [6, 6.07) is 5.63. The quantitative estimate of drug-likeness (QED) is 0.235. The summed E-state index contributed by atoms with van der Waals surface area (Å²) >= 11 is 0. The Morgan fingerprint density at radius 1 is 1.23 bits per heavy atom. The maximum atomic E-state index is 6.09. The van der Waals surface area contributed by atoms with Gasteiger partial charge in [-0.15, -0.1) is 6.42 Å². The lowest BCUT2D eigenvalue weighted by Gasteiger charge is -2.12. The zero-order valence-electron chi connectivity index (χ0n) is 15.7. The fraction of sp³-hybridized carbons (Fsp3) is 0.217. The third-order valence-corrected chi connectivity index (χ3v) is 3.12. The number of benzene rings is 1. The average molecular weight is 350 g/mol. The molecule has 0 atom stereocenters. The molecule has 3 heteroatoms. The second-order valence-corrected chi connectivity index (χ2v) is 5.24. The molecule has 0 saturated carbocycles.